The van der Waals surface area contributed by atoms with E-state index in [0.29, 0.717) is 32.2 Å². The first-order chi connectivity index (χ1) is 13.9. The topological polar surface area (TPSA) is 98.3 Å². The van der Waals surface area contributed by atoms with Crippen molar-refractivity contribution in [3.8, 4) is 11.5 Å². The fourth-order valence-electron chi connectivity index (χ4n) is 2.75. The summed E-state index contributed by atoms with van der Waals surface area (Å²) >= 11 is 9.26. The van der Waals surface area contributed by atoms with Crippen LogP contribution in [0.5, 0.6) is 0 Å². The minimum atomic E-state index is -0.554. The second-order valence-electron chi connectivity index (χ2n) is 6.09. The minimum Gasteiger partial charge on any atom is -0.436 e. The van der Waals surface area contributed by atoms with Crippen LogP contribution >= 0.6 is 27.5 Å². The van der Waals surface area contributed by atoms with Crippen LogP contribution in [0.1, 0.15) is 10.4 Å². The Morgan fingerprint density at radius 1 is 1.14 bits per heavy atom. The van der Waals surface area contributed by atoms with Crippen molar-refractivity contribution in [2.45, 2.75) is 0 Å². The van der Waals surface area contributed by atoms with Gasteiger partial charge in [-0.25, -0.2) is 4.98 Å². The number of anilines is 1. The summed E-state index contributed by atoms with van der Waals surface area (Å²) in [5, 5.41) is 14.3. The number of carbonyl (C=O) groups is 1. The maximum Gasteiger partial charge on any atom is 0.270 e. The molecule has 0 fully saturated rings. The summed E-state index contributed by atoms with van der Waals surface area (Å²) in [4.78, 5) is 27.4. The molecule has 0 saturated carbocycles. The van der Waals surface area contributed by atoms with Crippen molar-refractivity contribution in [1.29, 1.82) is 0 Å². The summed E-state index contributed by atoms with van der Waals surface area (Å²) in [5.74, 6) is -0.0779. The molecule has 0 atom stereocenters. The number of aromatic nitrogens is 1. The molecule has 4 aromatic rings. The van der Waals surface area contributed by atoms with E-state index in [0.717, 1.165) is 5.56 Å². The number of benzene rings is 3. The highest BCUT2D eigenvalue weighted by Crippen LogP contribution is 2.28. The van der Waals surface area contributed by atoms with Gasteiger partial charge in [0, 0.05) is 32.9 Å². The molecule has 1 heterocycles. The van der Waals surface area contributed by atoms with Crippen molar-refractivity contribution in [1.82, 2.24) is 4.98 Å². The molecule has 7 nitrogen and oxygen atoms in total. The number of oxazole rings is 1. The zero-order valence-electron chi connectivity index (χ0n) is 14.6. The zero-order chi connectivity index (χ0) is 20.5. The Morgan fingerprint density at radius 3 is 2.72 bits per heavy atom. The number of amides is 1. The monoisotopic (exact) mass is 471 g/mol. The van der Waals surface area contributed by atoms with Crippen molar-refractivity contribution in [3.05, 3.63) is 85.8 Å². The summed E-state index contributed by atoms with van der Waals surface area (Å²) < 4.78 is 6.20. The molecule has 4 rings (SSSR count). The van der Waals surface area contributed by atoms with Crippen molar-refractivity contribution >= 4 is 55.9 Å². The third kappa shape index (κ3) is 3.98. The number of hydrogen-bond acceptors (Lipinski definition) is 5. The molecule has 9 heteroatoms. The molecule has 0 aliphatic heterocycles. The molecule has 0 bridgehead atoms. The van der Waals surface area contributed by atoms with Crippen LogP contribution in [-0.4, -0.2) is 15.8 Å². The van der Waals surface area contributed by atoms with E-state index in [4.69, 9.17) is 16.0 Å². The molecule has 1 aromatic heterocycles. The maximum absolute atomic E-state index is 12.6. The van der Waals surface area contributed by atoms with Gasteiger partial charge in [0.25, 0.3) is 11.6 Å². The predicted molar refractivity (Wildman–Crippen MR) is 113 cm³/mol. The molecule has 3 aromatic carbocycles. The Balaban J connectivity index is 1.63. The van der Waals surface area contributed by atoms with Crippen molar-refractivity contribution in [3.63, 3.8) is 0 Å². The van der Waals surface area contributed by atoms with Crippen molar-refractivity contribution < 1.29 is 14.1 Å². The van der Waals surface area contributed by atoms with Gasteiger partial charge in [-0.3, -0.25) is 14.9 Å². The number of rotatable bonds is 4. The molecule has 0 aliphatic rings. The molecule has 0 radical (unpaired) electrons. The number of halogens is 2. The molecule has 144 valence electrons. The van der Waals surface area contributed by atoms with E-state index in [1.807, 2.05) is 6.07 Å². The number of non-ortho nitro benzene ring substituents is 1. The smallest absolute Gasteiger partial charge is 0.270 e. The van der Waals surface area contributed by atoms with E-state index in [1.165, 1.54) is 18.2 Å². The summed E-state index contributed by atoms with van der Waals surface area (Å²) in [6, 6.07) is 16.1. The quantitative estimate of drug-likeness (QED) is 0.287. The molecule has 29 heavy (non-hydrogen) atoms. The van der Waals surface area contributed by atoms with Crippen LogP contribution in [0.2, 0.25) is 5.02 Å². The van der Waals surface area contributed by atoms with Gasteiger partial charge in [0.1, 0.15) is 5.52 Å². The lowest BCUT2D eigenvalue weighted by atomic mass is 10.2. The Labute approximate surface area is 177 Å². The molecule has 0 unspecified atom stereocenters. The Kier molecular flexibility index (Phi) is 5.04. The van der Waals surface area contributed by atoms with Crippen LogP contribution in [0.25, 0.3) is 22.6 Å². The third-order valence-corrected chi connectivity index (χ3v) is 5.05. The number of nitro benzene ring substituents is 1. The van der Waals surface area contributed by atoms with Crippen LogP contribution in [0, 0.1) is 10.1 Å². The van der Waals surface area contributed by atoms with Gasteiger partial charge in [-0.15, -0.1) is 0 Å². The largest absolute Gasteiger partial charge is 0.436 e. The van der Waals surface area contributed by atoms with Gasteiger partial charge in [-0.2, -0.15) is 0 Å². The van der Waals surface area contributed by atoms with Gasteiger partial charge >= 0.3 is 0 Å². The van der Waals surface area contributed by atoms with Crippen LogP contribution in [0.3, 0.4) is 0 Å². The number of carbonyl (C=O) groups excluding carboxylic acids is 1. The van der Waals surface area contributed by atoms with E-state index in [-0.39, 0.29) is 11.3 Å². The molecular weight excluding hydrogens is 462 g/mol. The molecule has 1 amide bonds. The molecular formula is C20H11BrClN3O4. The van der Waals surface area contributed by atoms with E-state index in [9.17, 15) is 14.9 Å². The lowest BCUT2D eigenvalue weighted by Gasteiger charge is -2.06. The van der Waals surface area contributed by atoms with Gasteiger partial charge in [-0.1, -0.05) is 17.7 Å². The Bertz CT molecular complexity index is 1270. The fraction of sp³-hybridized carbons (Fsp3) is 0. The van der Waals surface area contributed by atoms with E-state index in [1.54, 1.807) is 36.4 Å². The average Bonchev–Trinajstić information content (AvgIpc) is 3.11. The van der Waals surface area contributed by atoms with Gasteiger partial charge in [-0.05, 0) is 58.4 Å². The molecule has 0 spiro atoms. The normalized spacial score (nSPS) is 10.8. The lowest BCUT2D eigenvalue weighted by molar-refractivity contribution is -0.384. The van der Waals surface area contributed by atoms with Crippen LogP contribution in [0.15, 0.2) is 69.6 Å². The highest BCUT2D eigenvalue weighted by atomic mass is 79.9. The van der Waals surface area contributed by atoms with E-state index in [2.05, 4.69) is 26.2 Å². The van der Waals surface area contributed by atoms with Gasteiger partial charge in [0.05, 0.1) is 10.5 Å². The first-order valence-corrected chi connectivity index (χ1v) is 9.49. The van der Waals surface area contributed by atoms with Crippen LogP contribution in [0.4, 0.5) is 11.4 Å². The van der Waals surface area contributed by atoms with Gasteiger partial charge < -0.3 is 9.73 Å². The lowest BCUT2D eigenvalue weighted by Crippen LogP contribution is -2.12. The Morgan fingerprint density at radius 2 is 1.97 bits per heavy atom. The van der Waals surface area contributed by atoms with Crippen LogP contribution in [-0.2, 0) is 0 Å². The summed E-state index contributed by atoms with van der Waals surface area (Å²) in [6.45, 7) is 0. The summed E-state index contributed by atoms with van der Waals surface area (Å²) in [6.07, 6.45) is 0. The van der Waals surface area contributed by atoms with Gasteiger partial charge in [0.2, 0.25) is 5.89 Å². The number of fused-ring (bicyclic) bond motifs is 1. The first-order valence-electron chi connectivity index (χ1n) is 8.32. The maximum atomic E-state index is 12.6. The van der Waals surface area contributed by atoms with Crippen molar-refractivity contribution in [2.24, 2.45) is 0 Å². The summed E-state index contributed by atoms with van der Waals surface area (Å²) in [5.41, 5.74) is 2.30. The van der Waals surface area contributed by atoms with Crippen LogP contribution < -0.4 is 5.32 Å². The molecule has 0 aliphatic carbocycles. The number of nitrogens with zero attached hydrogens (tertiary/aromatic N) is 2. The second kappa shape index (κ2) is 7.65. The number of hydrogen-bond donors (Lipinski definition) is 1. The standard InChI is InChI=1S/C20H11BrClN3O4/c21-16-6-5-14(25(27)28)10-15(16)19(26)23-13-4-7-18-17(9-13)24-20(29-18)11-2-1-3-12(22)8-11/h1-10H,(H,23,26). The Hall–Kier alpha value is -3.23. The second-order valence-corrected chi connectivity index (χ2v) is 7.38. The minimum absolute atomic E-state index is 0.152. The van der Waals surface area contributed by atoms with Crippen molar-refractivity contribution in [2.75, 3.05) is 5.32 Å². The summed E-state index contributed by atoms with van der Waals surface area (Å²) in [7, 11) is 0. The average molecular weight is 473 g/mol. The number of nitro groups is 1. The molecule has 1 N–H and O–H groups in total. The van der Waals surface area contributed by atoms with Gasteiger partial charge in [0.15, 0.2) is 5.58 Å². The SMILES string of the molecule is O=C(Nc1ccc2oc(-c3cccc(Cl)c3)nc2c1)c1cc([N+](=O)[O-])ccc1Br. The first kappa shape index (κ1) is 19.1. The van der Waals surface area contributed by atoms with E-state index >= 15 is 0 Å². The highest BCUT2D eigenvalue weighted by molar-refractivity contribution is 9.10. The molecule has 0 saturated heterocycles. The third-order valence-electron chi connectivity index (χ3n) is 4.12. The zero-order valence-corrected chi connectivity index (χ0v) is 16.9. The predicted octanol–water partition coefficient (Wildman–Crippen LogP) is 6.07. The number of nitrogens with one attached hydrogen (secondary N) is 1. The van der Waals surface area contributed by atoms with E-state index < -0.39 is 10.8 Å². The highest BCUT2D eigenvalue weighted by Gasteiger charge is 2.16. The fourth-order valence-corrected chi connectivity index (χ4v) is 3.37.